The van der Waals surface area contributed by atoms with Gasteiger partial charge in [0.1, 0.15) is 36.5 Å². The highest BCUT2D eigenvalue weighted by Gasteiger charge is 2.40. The lowest BCUT2D eigenvalue weighted by molar-refractivity contribution is -0.123. The second-order valence-corrected chi connectivity index (χ2v) is 8.05. The topological polar surface area (TPSA) is 140 Å². The van der Waals surface area contributed by atoms with E-state index in [1.807, 2.05) is 4.90 Å². The van der Waals surface area contributed by atoms with Gasteiger partial charge in [-0.1, -0.05) is 0 Å². The Kier molecular flexibility index (Phi) is 6.93. The molecule has 2 bridgehead atoms. The Morgan fingerprint density at radius 1 is 1.29 bits per heavy atom. The summed E-state index contributed by atoms with van der Waals surface area (Å²) in [7, 11) is 0. The van der Waals surface area contributed by atoms with E-state index in [0.29, 0.717) is 30.9 Å². The zero-order valence-corrected chi connectivity index (χ0v) is 18.3. The molecule has 2 aliphatic heterocycles. The number of fused-ring (bicyclic) bond motifs is 4. The van der Waals surface area contributed by atoms with Crippen molar-refractivity contribution in [2.75, 3.05) is 48.0 Å². The number of aliphatic hydroxyl groups is 2. The number of carbonyl (C=O) groups excluding carboxylic acids is 2. The summed E-state index contributed by atoms with van der Waals surface area (Å²) in [5.74, 6) is -0.396. The third-order valence-electron chi connectivity index (χ3n) is 5.47. The van der Waals surface area contributed by atoms with Gasteiger partial charge < -0.3 is 25.2 Å². The summed E-state index contributed by atoms with van der Waals surface area (Å²) in [6.07, 6.45) is -3.61. The zero-order valence-electron chi connectivity index (χ0n) is 18.3. The SMILES string of the molecule is O=C(NCC(F)(F)F)c1ccc2c(n1)N(C(=O)Nc1cc(OC[C@@H](O)CO)ccn1)[C@H]1CCN2C1. The predicted octanol–water partition coefficient (Wildman–Crippen LogP) is 1.13. The summed E-state index contributed by atoms with van der Waals surface area (Å²) in [6.45, 7) is -0.934. The number of amides is 3. The first-order valence-corrected chi connectivity index (χ1v) is 10.7. The lowest BCUT2D eigenvalue weighted by atomic mass is 10.1. The summed E-state index contributed by atoms with van der Waals surface area (Å²) in [6, 6.07) is 4.98. The van der Waals surface area contributed by atoms with Crippen LogP contribution in [-0.2, 0) is 0 Å². The average Bonchev–Trinajstić information content (AvgIpc) is 3.24. The first-order chi connectivity index (χ1) is 16.6. The molecule has 0 spiro atoms. The Balaban J connectivity index is 1.53. The molecule has 2 aromatic rings. The quantitative estimate of drug-likeness (QED) is 0.447. The molecular formula is C21H23F3N6O5. The van der Waals surface area contributed by atoms with E-state index < -0.39 is 37.4 Å². The van der Waals surface area contributed by atoms with Gasteiger partial charge in [-0.2, -0.15) is 13.2 Å². The highest BCUT2D eigenvalue weighted by atomic mass is 19.4. The molecule has 4 rings (SSSR count). The van der Waals surface area contributed by atoms with Crippen LogP contribution < -0.4 is 25.2 Å². The van der Waals surface area contributed by atoms with Gasteiger partial charge in [-0.05, 0) is 24.6 Å². The van der Waals surface area contributed by atoms with Crippen molar-refractivity contribution in [1.29, 1.82) is 0 Å². The van der Waals surface area contributed by atoms with E-state index >= 15 is 0 Å². The van der Waals surface area contributed by atoms with Crippen LogP contribution in [0.3, 0.4) is 0 Å². The van der Waals surface area contributed by atoms with Crippen molar-refractivity contribution in [2.45, 2.75) is 24.7 Å². The Hall–Kier alpha value is -3.65. The zero-order chi connectivity index (χ0) is 25.2. The highest BCUT2D eigenvalue weighted by molar-refractivity contribution is 6.05. The Labute approximate surface area is 197 Å². The van der Waals surface area contributed by atoms with Gasteiger partial charge in [-0.3, -0.25) is 15.0 Å². The van der Waals surface area contributed by atoms with Crippen molar-refractivity contribution in [2.24, 2.45) is 0 Å². The maximum atomic E-state index is 13.2. The third-order valence-corrected chi connectivity index (χ3v) is 5.47. The molecule has 0 aromatic carbocycles. The van der Waals surface area contributed by atoms with Gasteiger partial charge in [-0.25, -0.2) is 14.8 Å². The summed E-state index contributed by atoms with van der Waals surface area (Å²) in [5, 5.41) is 22.8. The molecule has 0 unspecified atom stereocenters. The summed E-state index contributed by atoms with van der Waals surface area (Å²) >= 11 is 0. The fourth-order valence-electron chi connectivity index (χ4n) is 3.85. The highest BCUT2D eigenvalue weighted by Crippen LogP contribution is 2.39. The van der Waals surface area contributed by atoms with Crippen LogP contribution in [0.4, 0.5) is 35.3 Å². The molecule has 1 fully saturated rings. The van der Waals surface area contributed by atoms with Gasteiger partial charge in [0.2, 0.25) is 0 Å². The molecule has 3 amide bonds. The van der Waals surface area contributed by atoms with Crippen LogP contribution in [0.25, 0.3) is 0 Å². The third kappa shape index (κ3) is 5.71. The van der Waals surface area contributed by atoms with E-state index in [1.54, 1.807) is 11.4 Å². The Morgan fingerprint density at radius 3 is 2.83 bits per heavy atom. The second-order valence-electron chi connectivity index (χ2n) is 8.05. The number of anilines is 3. The summed E-state index contributed by atoms with van der Waals surface area (Å²) in [5.41, 5.74) is 0.341. The number of nitrogens with one attached hydrogen (secondary N) is 2. The molecule has 2 aliphatic rings. The number of hydrogen-bond acceptors (Lipinski definition) is 8. The van der Waals surface area contributed by atoms with Crippen LogP contribution in [0.2, 0.25) is 0 Å². The molecule has 0 aliphatic carbocycles. The minimum absolute atomic E-state index is 0.145. The summed E-state index contributed by atoms with van der Waals surface area (Å²) in [4.78, 5) is 37.1. The number of halogens is 3. The number of rotatable bonds is 7. The number of aromatic nitrogens is 2. The van der Waals surface area contributed by atoms with Crippen molar-refractivity contribution in [3.63, 3.8) is 0 Å². The molecule has 1 saturated heterocycles. The standard InChI is InChI=1S/C21H23F3N6O5/c22-21(23,24)11-26-19(33)15-1-2-16-18(27-15)30(12-4-6-29(16)8-12)20(34)28-17-7-14(3-5-25-17)35-10-13(32)9-31/h1-3,5,7,12-13,31-32H,4,6,8-11H2,(H,26,33)(H,25,28,34)/t12-,13-/m0/s1. The Morgan fingerprint density at radius 2 is 2.09 bits per heavy atom. The molecular weight excluding hydrogens is 473 g/mol. The van der Waals surface area contributed by atoms with Gasteiger partial charge >= 0.3 is 12.2 Å². The number of nitrogens with zero attached hydrogens (tertiary/aromatic N) is 4. The van der Waals surface area contributed by atoms with Crippen LogP contribution in [-0.4, -0.2) is 83.3 Å². The monoisotopic (exact) mass is 496 g/mol. The molecule has 11 nitrogen and oxygen atoms in total. The molecule has 4 N–H and O–H groups in total. The van der Waals surface area contributed by atoms with Crippen LogP contribution in [0.1, 0.15) is 16.9 Å². The van der Waals surface area contributed by atoms with E-state index in [-0.39, 0.29) is 30.0 Å². The van der Waals surface area contributed by atoms with Gasteiger partial charge in [-0.15, -0.1) is 0 Å². The van der Waals surface area contributed by atoms with E-state index in [4.69, 9.17) is 9.84 Å². The molecule has 2 aromatic heterocycles. The molecule has 4 heterocycles. The Bertz CT molecular complexity index is 1100. The molecule has 188 valence electrons. The van der Waals surface area contributed by atoms with E-state index in [1.165, 1.54) is 29.3 Å². The summed E-state index contributed by atoms with van der Waals surface area (Å²) < 4.78 is 42.8. The van der Waals surface area contributed by atoms with Gasteiger partial charge in [0.15, 0.2) is 5.82 Å². The number of urea groups is 1. The normalized spacial score (nSPS) is 17.6. The number of aliphatic hydroxyl groups excluding tert-OH is 2. The smallest absolute Gasteiger partial charge is 0.405 e. The number of hydrogen-bond donors (Lipinski definition) is 4. The van der Waals surface area contributed by atoms with Crippen molar-refractivity contribution in [3.8, 4) is 5.75 Å². The van der Waals surface area contributed by atoms with E-state index in [2.05, 4.69) is 15.3 Å². The maximum Gasteiger partial charge on any atom is 0.405 e. The van der Waals surface area contributed by atoms with Gasteiger partial charge in [0.05, 0.1) is 18.3 Å². The fourth-order valence-corrected chi connectivity index (χ4v) is 3.85. The number of carbonyl (C=O) groups is 2. The fraction of sp³-hybridized carbons (Fsp3) is 0.429. The van der Waals surface area contributed by atoms with Gasteiger partial charge in [0, 0.05) is 25.4 Å². The number of ether oxygens (including phenoxy) is 1. The van der Waals surface area contributed by atoms with Crippen LogP contribution in [0, 0.1) is 0 Å². The van der Waals surface area contributed by atoms with Gasteiger partial charge in [0.25, 0.3) is 5.91 Å². The largest absolute Gasteiger partial charge is 0.491 e. The minimum atomic E-state index is -4.57. The van der Waals surface area contributed by atoms with Crippen molar-refractivity contribution in [1.82, 2.24) is 15.3 Å². The average molecular weight is 496 g/mol. The van der Waals surface area contributed by atoms with E-state index in [9.17, 15) is 27.9 Å². The lowest BCUT2D eigenvalue weighted by Gasteiger charge is -2.35. The molecule has 0 saturated carbocycles. The first kappa shape index (κ1) is 24.5. The maximum absolute atomic E-state index is 13.2. The predicted molar refractivity (Wildman–Crippen MR) is 118 cm³/mol. The van der Waals surface area contributed by atoms with Crippen LogP contribution in [0.15, 0.2) is 30.5 Å². The molecule has 0 radical (unpaired) electrons. The van der Waals surface area contributed by atoms with Crippen molar-refractivity contribution < 1.29 is 37.7 Å². The number of alkyl halides is 3. The van der Waals surface area contributed by atoms with Crippen molar-refractivity contribution >= 4 is 29.3 Å². The molecule has 2 atom stereocenters. The number of pyridine rings is 2. The molecule has 35 heavy (non-hydrogen) atoms. The van der Waals surface area contributed by atoms with Crippen LogP contribution >= 0.6 is 0 Å². The van der Waals surface area contributed by atoms with Crippen molar-refractivity contribution in [3.05, 3.63) is 36.2 Å². The minimum Gasteiger partial charge on any atom is -0.491 e. The van der Waals surface area contributed by atoms with Crippen LogP contribution in [0.5, 0.6) is 5.75 Å². The first-order valence-electron chi connectivity index (χ1n) is 10.7. The second kappa shape index (κ2) is 9.92. The molecule has 14 heteroatoms. The van der Waals surface area contributed by atoms with E-state index in [0.717, 1.165) is 0 Å². The lowest BCUT2D eigenvalue weighted by Crippen LogP contribution is -2.48.